The molecule has 1 atom stereocenters. The SMILES string of the molecule is CC(C)N(C)C(=O)N1CCCC1.C[C@H](N)C(=O)O. The van der Waals surface area contributed by atoms with Gasteiger partial charge in [-0.05, 0) is 33.6 Å². The van der Waals surface area contributed by atoms with Crippen LogP contribution in [0.15, 0.2) is 0 Å². The molecule has 0 aromatic carbocycles. The first-order chi connectivity index (χ1) is 8.27. The average molecular weight is 259 g/mol. The molecular formula is C12H25N3O3. The van der Waals surface area contributed by atoms with Gasteiger partial charge in [0.05, 0.1) is 0 Å². The van der Waals surface area contributed by atoms with Crippen molar-refractivity contribution in [2.24, 2.45) is 5.73 Å². The Labute approximate surface area is 109 Å². The lowest BCUT2D eigenvalue weighted by atomic mass is 10.3. The first-order valence-electron chi connectivity index (χ1n) is 6.27. The molecule has 0 spiro atoms. The Balaban J connectivity index is 0.000000411. The lowest BCUT2D eigenvalue weighted by molar-refractivity contribution is -0.138. The normalized spacial score (nSPS) is 16.0. The van der Waals surface area contributed by atoms with Crippen molar-refractivity contribution in [3.8, 4) is 0 Å². The number of rotatable bonds is 2. The van der Waals surface area contributed by atoms with Crippen molar-refractivity contribution in [2.45, 2.75) is 45.7 Å². The van der Waals surface area contributed by atoms with Crippen LogP contribution in [0, 0.1) is 0 Å². The third-order valence-corrected chi connectivity index (χ3v) is 2.84. The molecule has 0 saturated carbocycles. The number of nitrogens with zero attached hydrogens (tertiary/aromatic N) is 2. The molecule has 1 saturated heterocycles. The minimum Gasteiger partial charge on any atom is -0.480 e. The van der Waals surface area contributed by atoms with Crippen molar-refractivity contribution in [1.29, 1.82) is 0 Å². The van der Waals surface area contributed by atoms with Gasteiger partial charge in [-0.15, -0.1) is 0 Å². The van der Waals surface area contributed by atoms with E-state index in [1.54, 1.807) is 4.90 Å². The van der Waals surface area contributed by atoms with Gasteiger partial charge in [-0.2, -0.15) is 0 Å². The lowest BCUT2D eigenvalue weighted by Gasteiger charge is -2.27. The van der Waals surface area contributed by atoms with Crippen molar-refractivity contribution in [2.75, 3.05) is 20.1 Å². The van der Waals surface area contributed by atoms with Crippen LogP contribution in [-0.2, 0) is 4.79 Å². The Bertz CT molecular complexity index is 270. The molecule has 0 aromatic heterocycles. The number of carboxylic acids is 1. The van der Waals surface area contributed by atoms with Gasteiger partial charge in [-0.25, -0.2) is 4.79 Å². The zero-order valence-corrected chi connectivity index (χ0v) is 11.7. The Morgan fingerprint density at radius 1 is 1.22 bits per heavy atom. The second kappa shape index (κ2) is 7.92. The van der Waals surface area contributed by atoms with Gasteiger partial charge in [0, 0.05) is 26.2 Å². The second-order valence-corrected chi connectivity index (χ2v) is 4.81. The molecule has 6 nitrogen and oxygen atoms in total. The van der Waals surface area contributed by atoms with E-state index in [2.05, 4.69) is 0 Å². The van der Waals surface area contributed by atoms with Crippen LogP contribution in [0.2, 0.25) is 0 Å². The molecule has 2 amide bonds. The van der Waals surface area contributed by atoms with Crippen LogP contribution in [0.4, 0.5) is 4.79 Å². The molecular weight excluding hydrogens is 234 g/mol. The highest BCUT2D eigenvalue weighted by Crippen LogP contribution is 2.10. The van der Waals surface area contributed by atoms with Gasteiger partial charge in [-0.3, -0.25) is 4.79 Å². The molecule has 1 aliphatic heterocycles. The van der Waals surface area contributed by atoms with Crippen LogP contribution in [0.3, 0.4) is 0 Å². The Morgan fingerprint density at radius 2 is 1.61 bits per heavy atom. The number of likely N-dealkylation sites (tertiary alicyclic amines) is 1. The van der Waals surface area contributed by atoms with Crippen LogP contribution in [0.25, 0.3) is 0 Å². The van der Waals surface area contributed by atoms with Gasteiger partial charge in [0.1, 0.15) is 6.04 Å². The summed E-state index contributed by atoms with van der Waals surface area (Å²) in [6.45, 7) is 7.37. The zero-order chi connectivity index (χ0) is 14.3. The van der Waals surface area contributed by atoms with E-state index < -0.39 is 12.0 Å². The van der Waals surface area contributed by atoms with Gasteiger partial charge < -0.3 is 20.6 Å². The van der Waals surface area contributed by atoms with Gasteiger partial charge in [-0.1, -0.05) is 0 Å². The van der Waals surface area contributed by atoms with Crippen molar-refractivity contribution in [1.82, 2.24) is 9.80 Å². The molecule has 6 heteroatoms. The van der Waals surface area contributed by atoms with Crippen molar-refractivity contribution < 1.29 is 14.7 Å². The molecule has 0 aromatic rings. The van der Waals surface area contributed by atoms with E-state index in [-0.39, 0.29) is 6.03 Å². The highest BCUT2D eigenvalue weighted by Gasteiger charge is 2.22. The van der Waals surface area contributed by atoms with E-state index in [0.717, 1.165) is 25.9 Å². The van der Waals surface area contributed by atoms with E-state index in [1.165, 1.54) is 6.92 Å². The summed E-state index contributed by atoms with van der Waals surface area (Å²) in [7, 11) is 1.87. The van der Waals surface area contributed by atoms with Crippen molar-refractivity contribution in [3.05, 3.63) is 0 Å². The van der Waals surface area contributed by atoms with Gasteiger partial charge >= 0.3 is 12.0 Å². The number of amides is 2. The van der Waals surface area contributed by atoms with E-state index in [9.17, 15) is 9.59 Å². The highest BCUT2D eigenvalue weighted by atomic mass is 16.4. The fourth-order valence-corrected chi connectivity index (χ4v) is 1.35. The zero-order valence-electron chi connectivity index (χ0n) is 11.7. The van der Waals surface area contributed by atoms with Gasteiger partial charge in [0.2, 0.25) is 0 Å². The Morgan fingerprint density at radius 3 is 1.89 bits per heavy atom. The van der Waals surface area contributed by atoms with Crippen LogP contribution in [-0.4, -0.2) is 59.1 Å². The van der Waals surface area contributed by atoms with Gasteiger partial charge in [0.15, 0.2) is 0 Å². The summed E-state index contributed by atoms with van der Waals surface area (Å²) >= 11 is 0. The minimum absolute atomic E-state index is 0.183. The summed E-state index contributed by atoms with van der Waals surface area (Å²) in [6.07, 6.45) is 2.33. The van der Waals surface area contributed by atoms with Crippen molar-refractivity contribution in [3.63, 3.8) is 0 Å². The van der Waals surface area contributed by atoms with Crippen LogP contribution < -0.4 is 5.73 Å². The summed E-state index contributed by atoms with van der Waals surface area (Å²) in [5, 5.41) is 7.87. The largest absolute Gasteiger partial charge is 0.480 e. The van der Waals surface area contributed by atoms with Crippen LogP contribution in [0.1, 0.15) is 33.6 Å². The standard InChI is InChI=1S/C9H18N2O.C3H7NO2/c1-8(2)10(3)9(12)11-6-4-5-7-11;1-2(4)3(5)6/h8H,4-7H2,1-3H3;2H,4H2,1H3,(H,5,6)/t;2-/m.0/s1. The van der Waals surface area contributed by atoms with E-state index in [1.807, 2.05) is 25.8 Å². The Hall–Kier alpha value is -1.30. The quantitative estimate of drug-likeness (QED) is 0.773. The second-order valence-electron chi connectivity index (χ2n) is 4.81. The number of hydrogen-bond acceptors (Lipinski definition) is 3. The molecule has 1 fully saturated rings. The first-order valence-corrected chi connectivity index (χ1v) is 6.27. The first kappa shape index (κ1) is 16.7. The summed E-state index contributed by atoms with van der Waals surface area (Å²) in [5.41, 5.74) is 4.84. The monoisotopic (exact) mass is 259 g/mol. The number of carboxylic acid groups (broad SMARTS) is 1. The smallest absolute Gasteiger partial charge is 0.320 e. The molecule has 0 radical (unpaired) electrons. The minimum atomic E-state index is -0.963. The molecule has 0 unspecified atom stereocenters. The van der Waals surface area contributed by atoms with Gasteiger partial charge in [0.25, 0.3) is 0 Å². The predicted octanol–water partition coefficient (Wildman–Crippen LogP) is 0.961. The predicted molar refractivity (Wildman–Crippen MR) is 70.4 cm³/mol. The fourth-order valence-electron chi connectivity index (χ4n) is 1.35. The molecule has 1 aliphatic rings. The summed E-state index contributed by atoms with van der Waals surface area (Å²) in [5.74, 6) is -0.963. The third-order valence-electron chi connectivity index (χ3n) is 2.84. The summed E-state index contributed by atoms with van der Waals surface area (Å²) < 4.78 is 0. The maximum atomic E-state index is 11.6. The number of nitrogens with two attached hydrogens (primary N) is 1. The molecule has 0 aliphatic carbocycles. The van der Waals surface area contributed by atoms with Crippen molar-refractivity contribution >= 4 is 12.0 Å². The van der Waals surface area contributed by atoms with Crippen LogP contribution >= 0.6 is 0 Å². The molecule has 1 rings (SSSR count). The van der Waals surface area contributed by atoms with E-state index in [4.69, 9.17) is 10.8 Å². The van der Waals surface area contributed by atoms with Crippen LogP contribution in [0.5, 0.6) is 0 Å². The summed E-state index contributed by atoms with van der Waals surface area (Å²) in [6, 6.07) is -0.245. The maximum Gasteiger partial charge on any atom is 0.320 e. The van der Waals surface area contributed by atoms with E-state index >= 15 is 0 Å². The van der Waals surface area contributed by atoms with E-state index in [0.29, 0.717) is 6.04 Å². The number of carbonyl (C=O) groups is 2. The molecule has 3 N–H and O–H groups in total. The maximum absolute atomic E-state index is 11.6. The molecule has 18 heavy (non-hydrogen) atoms. The fraction of sp³-hybridized carbons (Fsp3) is 0.833. The Kier molecular flexibility index (Phi) is 7.35. The lowest BCUT2D eigenvalue weighted by Crippen LogP contribution is -2.42. The number of aliphatic carboxylic acids is 1. The average Bonchev–Trinajstić information content (AvgIpc) is 2.81. The number of hydrogen-bond donors (Lipinski definition) is 2. The third kappa shape index (κ3) is 5.86. The topological polar surface area (TPSA) is 86.9 Å². The highest BCUT2D eigenvalue weighted by molar-refractivity contribution is 5.74. The molecule has 106 valence electrons. The molecule has 1 heterocycles. The number of carbonyl (C=O) groups excluding carboxylic acids is 1. The summed E-state index contributed by atoms with van der Waals surface area (Å²) in [4.78, 5) is 24.9. The molecule has 0 bridgehead atoms. The number of urea groups is 1.